The van der Waals surface area contributed by atoms with Crippen molar-refractivity contribution < 1.29 is 33.3 Å². The van der Waals surface area contributed by atoms with Crippen LogP contribution in [0, 0.1) is 0 Å². The van der Waals surface area contributed by atoms with Crippen LogP contribution in [0.15, 0.2) is 60.7 Å². The van der Waals surface area contributed by atoms with Crippen molar-refractivity contribution in [2.24, 2.45) is 0 Å². The highest BCUT2D eigenvalue weighted by molar-refractivity contribution is 5.90. The van der Waals surface area contributed by atoms with Crippen LogP contribution in [0.2, 0.25) is 0 Å². The predicted octanol–water partition coefficient (Wildman–Crippen LogP) is 2.12. The van der Waals surface area contributed by atoms with Gasteiger partial charge in [0.15, 0.2) is 18.6 Å². The van der Waals surface area contributed by atoms with Crippen LogP contribution in [0.4, 0.5) is 4.39 Å². The van der Waals surface area contributed by atoms with Crippen LogP contribution in [0.5, 0.6) is 0 Å². The number of ether oxygens (including phenoxy) is 3. The lowest BCUT2D eigenvalue weighted by Gasteiger charge is -2.19. The Morgan fingerprint density at radius 3 is 2.08 bits per heavy atom. The van der Waals surface area contributed by atoms with Gasteiger partial charge in [0.05, 0.1) is 11.1 Å². The molecule has 1 saturated heterocycles. The van der Waals surface area contributed by atoms with Crippen molar-refractivity contribution in [1.29, 1.82) is 0 Å². The number of hydrogen-bond acceptors (Lipinski definition) is 6. The standard InChI is InChI=1S/C19H17FO6/c20-15-16(26-18(22)13-9-5-2-6-10-13)14(25-19(15)23)11-24-17(21)12-7-3-1-4-8-12/h1-10,14-16,19,23H,11H2/t14-,15-,16-,19+/m1/s1. The average molecular weight is 360 g/mol. The van der Waals surface area contributed by atoms with Crippen molar-refractivity contribution >= 4 is 11.9 Å². The molecule has 1 heterocycles. The number of carbonyl (C=O) groups is 2. The van der Waals surface area contributed by atoms with E-state index in [1.807, 2.05) is 0 Å². The van der Waals surface area contributed by atoms with Crippen molar-refractivity contribution in [3.8, 4) is 0 Å². The van der Waals surface area contributed by atoms with E-state index in [0.717, 1.165) is 0 Å². The summed E-state index contributed by atoms with van der Waals surface area (Å²) in [7, 11) is 0. The first-order valence-electron chi connectivity index (χ1n) is 8.02. The van der Waals surface area contributed by atoms with Gasteiger partial charge in [0, 0.05) is 0 Å². The Kier molecular flexibility index (Phi) is 5.60. The summed E-state index contributed by atoms with van der Waals surface area (Å²) in [5.74, 6) is -1.38. The van der Waals surface area contributed by atoms with Gasteiger partial charge in [0.1, 0.15) is 12.7 Å². The Morgan fingerprint density at radius 2 is 1.50 bits per heavy atom. The average Bonchev–Trinajstić information content (AvgIpc) is 2.95. The van der Waals surface area contributed by atoms with Crippen LogP contribution in [0.3, 0.4) is 0 Å². The lowest BCUT2D eigenvalue weighted by molar-refractivity contribution is -0.122. The highest BCUT2D eigenvalue weighted by Gasteiger charge is 2.47. The van der Waals surface area contributed by atoms with Gasteiger partial charge in [0.25, 0.3) is 0 Å². The largest absolute Gasteiger partial charge is 0.459 e. The molecule has 4 atom stereocenters. The molecule has 0 radical (unpaired) electrons. The Balaban J connectivity index is 1.63. The third-order valence-electron chi connectivity index (χ3n) is 3.91. The molecule has 7 heteroatoms. The Morgan fingerprint density at radius 1 is 0.962 bits per heavy atom. The van der Waals surface area contributed by atoms with E-state index in [9.17, 15) is 19.1 Å². The maximum Gasteiger partial charge on any atom is 0.338 e. The quantitative estimate of drug-likeness (QED) is 0.823. The molecule has 2 aromatic carbocycles. The summed E-state index contributed by atoms with van der Waals surface area (Å²) in [6.45, 7) is -0.363. The van der Waals surface area contributed by atoms with Crippen LogP contribution in [-0.2, 0) is 14.2 Å². The second kappa shape index (κ2) is 8.07. The molecule has 0 amide bonds. The molecule has 6 nitrogen and oxygen atoms in total. The fourth-order valence-electron chi connectivity index (χ4n) is 2.56. The van der Waals surface area contributed by atoms with Crippen molar-refractivity contribution in [2.75, 3.05) is 6.61 Å². The van der Waals surface area contributed by atoms with E-state index >= 15 is 0 Å². The van der Waals surface area contributed by atoms with Crippen LogP contribution >= 0.6 is 0 Å². The number of aliphatic hydroxyl groups is 1. The molecule has 136 valence electrons. The number of halogens is 1. The zero-order valence-corrected chi connectivity index (χ0v) is 13.7. The van der Waals surface area contributed by atoms with Gasteiger partial charge < -0.3 is 19.3 Å². The molecule has 0 bridgehead atoms. The smallest absolute Gasteiger partial charge is 0.338 e. The molecule has 3 rings (SSSR count). The van der Waals surface area contributed by atoms with Crippen molar-refractivity contribution in [3.63, 3.8) is 0 Å². The van der Waals surface area contributed by atoms with Crippen LogP contribution in [0.25, 0.3) is 0 Å². The van der Waals surface area contributed by atoms with Gasteiger partial charge >= 0.3 is 11.9 Å². The van der Waals surface area contributed by atoms with E-state index in [4.69, 9.17) is 14.2 Å². The third kappa shape index (κ3) is 4.07. The molecule has 1 fully saturated rings. The summed E-state index contributed by atoms with van der Waals surface area (Å²) in [6, 6.07) is 16.3. The van der Waals surface area contributed by atoms with E-state index in [1.165, 1.54) is 12.1 Å². The zero-order valence-electron chi connectivity index (χ0n) is 13.7. The number of rotatable bonds is 5. The minimum atomic E-state index is -1.94. The van der Waals surface area contributed by atoms with Crippen molar-refractivity contribution in [1.82, 2.24) is 0 Å². The summed E-state index contributed by atoms with van der Waals surface area (Å²) in [5, 5.41) is 9.58. The zero-order chi connectivity index (χ0) is 18.5. The van der Waals surface area contributed by atoms with Crippen LogP contribution in [0.1, 0.15) is 20.7 Å². The van der Waals surface area contributed by atoms with Gasteiger partial charge in [0.2, 0.25) is 0 Å². The molecule has 1 N–H and O–H groups in total. The SMILES string of the molecule is O=C(OC[C@H]1O[C@H](O)[C@H](F)[C@@H]1OC(=O)c1ccccc1)c1ccccc1. The molecule has 0 unspecified atom stereocenters. The maximum absolute atomic E-state index is 14.2. The van der Waals surface area contributed by atoms with E-state index in [0.29, 0.717) is 5.56 Å². The van der Waals surface area contributed by atoms with Gasteiger partial charge in [-0.3, -0.25) is 0 Å². The van der Waals surface area contributed by atoms with Gasteiger partial charge in [-0.2, -0.15) is 0 Å². The number of alkyl halides is 1. The molecule has 26 heavy (non-hydrogen) atoms. The third-order valence-corrected chi connectivity index (χ3v) is 3.91. The van der Waals surface area contributed by atoms with Gasteiger partial charge in [-0.1, -0.05) is 36.4 Å². The second-order valence-electron chi connectivity index (χ2n) is 5.71. The lowest BCUT2D eigenvalue weighted by Crippen LogP contribution is -2.37. The predicted molar refractivity (Wildman–Crippen MR) is 88.1 cm³/mol. The van der Waals surface area contributed by atoms with Crippen molar-refractivity contribution in [2.45, 2.75) is 24.7 Å². The lowest BCUT2D eigenvalue weighted by atomic mass is 10.1. The second-order valence-corrected chi connectivity index (χ2v) is 5.71. The minimum Gasteiger partial charge on any atom is -0.459 e. The highest BCUT2D eigenvalue weighted by Crippen LogP contribution is 2.26. The molecule has 2 aromatic rings. The number of esters is 2. The van der Waals surface area contributed by atoms with E-state index in [1.54, 1.807) is 48.5 Å². The van der Waals surface area contributed by atoms with Gasteiger partial charge in [-0.05, 0) is 24.3 Å². The van der Waals surface area contributed by atoms with Crippen LogP contribution < -0.4 is 0 Å². The maximum atomic E-state index is 14.2. The summed E-state index contributed by atoms with van der Waals surface area (Å²) in [6.07, 6.45) is -6.20. The summed E-state index contributed by atoms with van der Waals surface area (Å²) in [5.41, 5.74) is 0.557. The molecule has 1 aliphatic heterocycles. The number of benzene rings is 2. The molecular formula is C19H17FO6. The monoisotopic (exact) mass is 360 g/mol. The topological polar surface area (TPSA) is 82.1 Å². The minimum absolute atomic E-state index is 0.237. The van der Waals surface area contributed by atoms with E-state index < -0.39 is 36.6 Å². The number of aliphatic hydroxyl groups excluding tert-OH is 1. The molecule has 1 aliphatic rings. The van der Waals surface area contributed by atoms with E-state index in [-0.39, 0.29) is 12.2 Å². The number of hydrogen-bond donors (Lipinski definition) is 1. The fraction of sp³-hybridized carbons (Fsp3) is 0.263. The van der Waals surface area contributed by atoms with Crippen LogP contribution in [-0.4, -0.2) is 48.3 Å². The molecular weight excluding hydrogens is 343 g/mol. The summed E-state index contributed by atoms with van der Waals surface area (Å²) in [4.78, 5) is 24.1. The number of carbonyl (C=O) groups excluding carboxylic acids is 2. The molecule has 0 aromatic heterocycles. The Labute approximate surface area is 149 Å². The molecule has 0 saturated carbocycles. The first-order chi connectivity index (χ1) is 12.6. The Hall–Kier alpha value is -2.77. The Bertz CT molecular complexity index is 751. The first-order valence-corrected chi connectivity index (χ1v) is 8.02. The molecule has 0 spiro atoms. The normalized spacial score (nSPS) is 24.8. The van der Waals surface area contributed by atoms with Gasteiger partial charge in [-0.15, -0.1) is 0 Å². The van der Waals surface area contributed by atoms with Crippen molar-refractivity contribution in [3.05, 3.63) is 71.8 Å². The molecule has 0 aliphatic carbocycles. The summed E-state index contributed by atoms with van der Waals surface area (Å²) < 4.78 is 29.4. The fourth-order valence-corrected chi connectivity index (χ4v) is 2.56. The first kappa shape index (κ1) is 18.0. The highest BCUT2D eigenvalue weighted by atomic mass is 19.1. The summed E-state index contributed by atoms with van der Waals surface area (Å²) >= 11 is 0. The van der Waals surface area contributed by atoms with E-state index in [2.05, 4.69) is 0 Å². The van der Waals surface area contributed by atoms with Gasteiger partial charge in [-0.25, -0.2) is 14.0 Å².